The molecule has 4 nitrogen and oxygen atoms in total. The Labute approximate surface area is 104 Å². The lowest BCUT2D eigenvalue weighted by Crippen LogP contribution is -2.47. The maximum absolute atomic E-state index is 11.1. The van der Waals surface area contributed by atoms with Crippen LogP contribution in [-0.4, -0.2) is 48.7 Å². The fraction of sp³-hybridized carbons (Fsp3) is 0.923. The summed E-state index contributed by atoms with van der Waals surface area (Å²) < 4.78 is 0. The maximum atomic E-state index is 11.1. The van der Waals surface area contributed by atoms with Crippen molar-refractivity contribution in [1.82, 2.24) is 10.2 Å². The van der Waals surface area contributed by atoms with Crippen LogP contribution in [0.2, 0.25) is 0 Å². The van der Waals surface area contributed by atoms with Crippen LogP contribution in [0.3, 0.4) is 0 Å². The number of carbonyl (C=O) groups is 1. The summed E-state index contributed by atoms with van der Waals surface area (Å²) >= 11 is 0. The van der Waals surface area contributed by atoms with E-state index in [9.17, 15) is 4.79 Å². The Hall–Kier alpha value is -0.610. The van der Waals surface area contributed by atoms with E-state index in [1.165, 1.54) is 19.4 Å². The van der Waals surface area contributed by atoms with Crippen LogP contribution in [0.1, 0.15) is 39.0 Å². The van der Waals surface area contributed by atoms with E-state index in [0.29, 0.717) is 6.42 Å². The summed E-state index contributed by atoms with van der Waals surface area (Å²) in [4.78, 5) is 13.4. The van der Waals surface area contributed by atoms with Gasteiger partial charge in [-0.25, -0.2) is 0 Å². The Morgan fingerprint density at radius 2 is 2.12 bits per heavy atom. The van der Waals surface area contributed by atoms with Crippen molar-refractivity contribution >= 4 is 5.97 Å². The van der Waals surface area contributed by atoms with Crippen molar-refractivity contribution in [3.05, 3.63) is 0 Å². The van der Waals surface area contributed by atoms with Gasteiger partial charge in [-0.2, -0.15) is 0 Å². The second kappa shape index (κ2) is 6.36. The third kappa shape index (κ3) is 5.04. The summed E-state index contributed by atoms with van der Waals surface area (Å²) in [6.07, 6.45) is 5.50. The number of carboxylic acid groups (broad SMARTS) is 1. The molecule has 0 amide bonds. The van der Waals surface area contributed by atoms with Gasteiger partial charge in [-0.05, 0) is 65.6 Å². The second-order valence-electron chi connectivity index (χ2n) is 5.55. The summed E-state index contributed by atoms with van der Waals surface area (Å²) in [6, 6.07) is 0. The van der Waals surface area contributed by atoms with E-state index in [4.69, 9.17) is 5.11 Å². The molecule has 0 saturated heterocycles. The largest absolute Gasteiger partial charge is 0.480 e. The van der Waals surface area contributed by atoms with Gasteiger partial charge < -0.3 is 15.3 Å². The predicted octanol–water partition coefficient (Wildman–Crippen LogP) is 1.56. The number of hydrogen-bond acceptors (Lipinski definition) is 3. The van der Waals surface area contributed by atoms with Gasteiger partial charge >= 0.3 is 5.97 Å². The lowest BCUT2D eigenvalue weighted by molar-refractivity contribution is -0.144. The van der Waals surface area contributed by atoms with E-state index in [1.54, 1.807) is 14.0 Å². The van der Waals surface area contributed by atoms with E-state index in [2.05, 4.69) is 17.3 Å². The number of hydrogen-bond donors (Lipinski definition) is 2. The SMILES string of the molecule is CNC(C)(CCCCN(C)CC1CC1)C(=O)O. The van der Waals surface area contributed by atoms with E-state index < -0.39 is 11.5 Å². The van der Waals surface area contributed by atoms with Crippen LogP contribution in [0.15, 0.2) is 0 Å². The minimum Gasteiger partial charge on any atom is -0.480 e. The molecular formula is C13H26N2O2. The highest BCUT2D eigenvalue weighted by molar-refractivity contribution is 5.78. The summed E-state index contributed by atoms with van der Waals surface area (Å²) in [6.45, 7) is 4.04. The smallest absolute Gasteiger partial charge is 0.323 e. The van der Waals surface area contributed by atoms with Crippen molar-refractivity contribution in [1.29, 1.82) is 0 Å². The molecular weight excluding hydrogens is 216 g/mol. The molecule has 0 aliphatic heterocycles. The van der Waals surface area contributed by atoms with Crippen molar-refractivity contribution in [2.75, 3.05) is 27.2 Å². The normalized spacial score (nSPS) is 19.3. The number of nitrogens with one attached hydrogen (secondary N) is 1. The summed E-state index contributed by atoms with van der Waals surface area (Å²) in [5.74, 6) is 0.174. The quantitative estimate of drug-likeness (QED) is 0.603. The van der Waals surface area contributed by atoms with Crippen molar-refractivity contribution in [2.45, 2.75) is 44.6 Å². The summed E-state index contributed by atoms with van der Waals surface area (Å²) in [7, 11) is 3.88. The zero-order valence-corrected chi connectivity index (χ0v) is 11.3. The number of likely N-dealkylation sites (N-methyl/N-ethyl adjacent to an activating group) is 1. The van der Waals surface area contributed by atoms with Gasteiger partial charge in [0.2, 0.25) is 0 Å². The Bertz CT molecular complexity index is 254. The first-order valence-electron chi connectivity index (χ1n) is 6.59. The zero-order chi connectivity index (χ0) is 12.9. The Balaban J connectivity index is 2.11. The molecule has 2 N–H and O–H groups in total. The van der Waals surface area contributed by atoms with Crippen LogP contribution >= 0.6 is 0 Å². The van der Waals surface area contributed by atoms with Gasteiger partial charge in [0, 0.05) is 6.54 Å². The molecule has 0 bridgehead atoms. The molecule has 0 heterocycles. The van der Waals surface area contributed by atoms with Crippen LogP contribution in [0.25, 0.3) is 0 Å². The summed E-state index contributed by atoms with van der Waals surface area (Å²) in [5.41, 5.74) is -0.769. The highest BCUT2D eigenvalue weighted by Gasteiger charge is 2.30. The predicted molar refractivity (Wildman–Crippen MR) is 69.2 cm³/mol. The number of nitrogens with zero attached hydrogens (tertiary/aromatic N) is 1. The molecule has 0 aromatic rings. The highest BCUT2D eigenvalue weighted by Crippen LogP contribution is 2.29. The van der Waals surface area contributed by atoms with Gasteiger partial charge in [0.1, 0.15) is 5.54 Å². The van der Waals surface area contributed by atoms with E-state index >= 15 is 0 Å². The molecule has 100 valence electrons. The molecule has 0 radical (unpaired) electrons. The monoisotopic (exact) mass is 242 g/mol. The average molecular weight is 242 g/mol. The third-order valence-electron chi connectivity index (χ3n) is 3.76. The fourth-order valence-corrected chi connectivity index (χ4v) is 2.03. The first-order chi connectivity index (χ1) is 7.98. The first-order valence-corrected chi connectivity index (χ1v) is 6.59. The van der Waals surface area contributed by atoms with Gasteiger partial charge in [0.15, 0.2) is 0 Å². The van der Waals surface area contributed by atoms with E-state index in [1.807, 2.05) is 0 Å². The Morgan fingerprint density at radius 3 is 2.59 bits per heavy atom. The van der Waals surface area contributed by atoms with Crippen molar-refractivity contribution in [3.8, 4) is 0 Å². The molecule has 1 aliphatic rings. The van der Waals surface area contributed by atoms with Crippen LogP contribution < -0.4 is 5.32 Å². The molecule has 4 heteroatoms. The molecule has 0 aromatic heterocycles. The molecule has 1 saturated carbocycles. The van der Waals surface area contributed by atoms with E-state index in [0.717, 1.165) is 25.3 Å². The molecule has 0 spiro atoms. The molecule has 1 unspecified atom stereocenters. The standard InChI is InChI=1S/C13H26N2O2/c1-13(14-2,12(16)17)8-4-5-9-15(3)10-11-6-7-11/h11,14H,4-10H2,1-3H3,(H,16,17). The van der Waals surface area contributed by atoms with Gasteiger partial charge in [-0.15, -0.1) is 0 Å². The van der Waals surface area contributed by atoms with Crippen LogP contribution in [0.4, 0.5) is 0 Å². The average Bonchev–Trinajstić information content (AvgIpc) is 3.07. The molecule has 1 fully saturated rings. The minimum absolute atomic E-state index is 0.691. The molecule has 0 aromatic carbocycles. The van der Waals surface area contributed by atoms with Gasteiger partial charge in [-0.3, -0.25) is 4.79 Å². The minimum atomic E-state index is -0.769. The van der Waals surface area contributed by atoms with Gasteiger partial charge in [-0.1, -0.05) is 0 Å². The lowest BCUT2D eigenvalue weighted by atomic mass is 9.95. The number of unbranched alkanes of at least 4 members (excludes halogenated alkanes) is 1. The molecule has 1 aliphatic carbocycles. The Kier molecular flexibility index (Phi) is 5.40. The number of rotatable bonds is 9. The van der Waals surface area contributed by atoms with Crippen LogP contribution in [-0.2, 0) is 4.79 Å². The fourth-order valence-electron chi connectivity index (χ4n) is 2.03. The van der Waals surface area contributed by atoms with Crippen LogP contribution in [0.5, 0.6) is 0 Å². The maximum Gasteiger partial charge on any atom is 0.323 e. The van der Waals surface area contributed by atoms with Crippen molar-refractivity contribution < 1.29 is 9.90 Å². The highest BCUT2D eigenvalue weighted by atomic mass is 16.4. The Morgan fingerprint density at radius 1 is 1.47 bits per heavy atom. The topological polar surface area (TPSA) is 52.6 Å². The molecule has 1 rings (SSSR count). The number of aliphatic carboxylic acids is 1. The van der Waals surface area contributed by atoms with Crippen molar-refractivity contribution in [2.24, 2.45) is 5.92 Å². The first kappa shape index (κ1) is 14.5. The molecule has 1 atom stereocenters. The zero-order valence-electron chi connectivity index (χ0n) is 11.3. The summed E-state index contributed by atoms with van der Waals surface area (Å²) in [5, 5.41) is 12.0. The second-order valence-corrected chi connectivity index (χ2v) is 5.55. The number of carboxylic acids is 1. The van der Waals surface area contributed by atoms with Crippen molar-refractivity contribution in [3.63, 3.8) is 0 Å². The third-order valence-corrected chi connectivity index (χ3v) is 3.76. The van der Waals surface area contributed by atoms with Gasteiger partial charge in [0.25, 0.3) is 0 Å². The van der Waals surface area contributed by atoms with E-state index in [-0.39, 0.29) is 0 Å². The van der Waals surface area contributed by atoms with Crippen LogP contribution in [0, 0.1) is 5.92 Å². The molecule has 17 heavy (non-hydrogen) atoms. The lowest BCUT2D eigenvalue weighted by Gasteiger charge is -2.24. The van der Waals surface area contributed by atoms with Gasteiger partial charge in [0.05, 0.1) is 0 Å².